The minimum absolute atomic E-state index is 0.00405. The number of aliphatic hydroxyl groups excluding tert-OH is 2. The van der Waals surface area contributed by atoms with Gasteiger partial charge in [-0.15, -0.1) is 0 Å². The van der Waals surface area contributed by atoms with Gasteiger partial charge < -0.3 is 25.0 Å². The molecule has 124 valence electrons. The fraction of sp³-hybridized carbons (Fsp3) is 0.562. The van der Waals surface area contributed by atoms with Crippen LogP contribution in [0.15, 0.2) is 30.3 Å². The Morgan fingerprint density at radius 2 is 1.91 bits per heavy atom. The number of hydrogen-bond acceptors (Lipinski definition) is 5. The molecule has 0 aliphatic heterocycles. The lowest BCUT2D eigenvalue weighted by Crippen LogP contribution is -2.49. The van der Waals surface area contributed by atoms with Crippen LogP contribution in [-0.4, -0.2) is 47.3 Å². The molecule has 1 aromatic rings. The van der Waals surface area contributed by atoms with Crippen LogP contribution in [-0.2, 0) is 16.1 Å². The SMILES string of the molecule is CC(C)(C)OC(=O)N[C@H](CO)[C@H](O)COCc1ccccc1. The molecule has 22 heavy (non-hydrogen) atoms. The number of hydrogen-bond donors (Lipinski definition) is 3. The molecule has 0 spiro atoms. The first kappa shape index (κ1) is 18.4. The van der Waals surface area contributed by atoms with E-state index >= 15 is 0 Å². The zero-order valence-corrected chi connectivity index (χ0v) is 13.3. The third-order valence-electron chi connectivity index (χ3n) is 2.76. The lowest BCUT2D eigenvalue weighted by atomic mass is 10.2. The van der Waals surface area contributed by atoms with Crippen LogP contribution in [0.25, 0.3) is 0 Å². The van der Waals surface area contributed by atoms with Gasteiger partial charge in [0.15, 0.2) is 0 Å². The Kier molecular flexibility index (Phi) is 7.31. The summed E-state index contributed by atoms with van der Waals surface area (Å²) >= 11 is 0. The average molecular weight is 311 g/mol. The summed E-state index contributed by atoms with van der Waals surface area (Å²) in [7, 11) is 0. The molecule has 6 nitrogen and oxygen atoms in total. The molecule has 0 saturated heterocycles. The van der Waals surface area contributed by atoms with Crippen molar-refractivity contribution in [2.45, 2.75) is 45.1 Å². The fourth-order valence-corrected chi connectivity index (χ4v) is 1.71. The third-order valence-corrected chi connectivity index (χ3v) is 2.76. The molecule has 0 aliphatic carbocycles. The summed E-state index contributed by atoms with van der Waals surface area (Å²) in [4.78, 5) is 11.6. The van der Waals surface area contributed by atoms with Crippen LogP contribution in [0.2, 0.25) is 0 Å². The van der Waals surface area contributed by atoms with Gasteiger partial charge in [0.1, 0.15) is 5.60 Å². The van der Waals surface area contributed by atoms with E-state index in [1.807, 2.05) is 30.3 Å². The van der Waals surface area contributed by atoms with Crippen molar-refractivity contribution in [3.63, 3.8) is 0 Å². The number of rotatable bonds is 7. The van der Waals surface area contributed by atoms with Crippen LogP contribution in [0, 0.1) is 0 Å². The van der Waals surface area contributed by atoms with Crippen molar-refractivity contribution in [1.82, 2.24) is 5.32 Å². The number of alkyl carbamates (subject to hydrolysis) is 1. The number of amides is 1. The second-order valence-electron chi connectivity index (χ2n) is 6.00. The van der Waals surface area contributed by atoms with Gasteiger partial charge in [-0.3, -0.25) is 0 Å². The molecule has 0 aromatic heterocycles. The molecule has 0 fully saturated rings. The second-order valence-corrected chi connectivity index (χ2v) is 6.00. The average Bonchev–Trinajstić information content (AvgIpc) is 2.44. The highest BCUT2D eigenvalue weighted by Gasteiger charge is 2.24. The minimum Gasteiger partial charge on any atom is -0.444 e. The highest BCUT2D eigenvalue weighted by Crippen LogP contribution is 2.08. The van der Waals surface area contributed by atoms with Crippen LogP contribution in [0.4, 0.5) is 4.79 Å². The van der Waals surface area contributed by atoms with Crippen LogP contribution < -0.4 is 5.32 Å². The van der Waals surface area contributed by atoms with Gasteiger partial charge in [0.05, 0.1) is 32.0 Å². The minimum atomic E-state index is -1.03. The molecular formula is C16H25NO5. The van der Waals surface area contributed by atoms with Crippen molar-refractivity contribution in [2.75, 3.05) is 13.2 Å². The molecule has 0 heterocycles. The Bertz CT molecular complexity index is 444. The first-order chi connectivity index (χ1) is 10.3. The van der Waals surface area contributed by atoms with E-state index in [1.165, 1.54) is 0 Å². The molecule has 1 aromatic carbocycles. The van der Waals surface area contributed by atoms with Crippen molar-refractivity contribution < 1.29 is 24.5 Å². The second kappa shape index (κ2) is 8.73. The number of carbonyl (C=O) groups excluding carboxylic acids is 1. The van der Waals surface area contributed by atoms with Crippen LogP contribution >= 0.6 is 0 Å². The Morgan fingerprint density at radius 3 is 2.45 bits per heavy atom. The molecular weight excluding hydrogens is 286 g/mol. The van der Waals surface area contributed by atoms with Crippen molar-refractivity contribution in [2.24, 2.45) is 0 Å². The van der Waals surface area contributed by atoms with E-state index in [0.29, 0.717) is 6.61 Å². The van der Waals surface area contributed by atoms with Crippen LogP contribution in [0.5, 0.6) is 0 Å². The maximum absolute atomic E-state index is 11.6. The molecule has 0 bridgehead atoms. The first-order valence-electron chi connectivity index (χ1n) is 7.22. The molecule has 0 unspecified atom stereocenters. The summed E-state index contributed by atoms with van der Waals surface area (Å²) in [6.45, 7) is 5.15. The maximum Gasteiger partial charge on any atom is 0.408 e. The maximum atomic E-state index is 11.6. The molecule has 6 heteroatoms. The third kappa shape index (κ3) is 7.40. The first-order valence-corrected chi connectivity index (χ1v) is 7.22. The summed E-state index contributed by atoms with van der Waals surface area (Å²) in [5.74, 6) is 0. The normalized spacial score (nSPS) is 14.2. The number of benzene rings is 1. The zero-order chi connectivity index (χ0) is 16.6. The fourth-order valence-electron chi connectivity index (χ4n) is 1.71. The Hall–Kier alpha value is -1.63. The van der Waals surface area contributed by atoms with E-state index in [-0.39, 0.29) is 6.61 Å². The molecule has 1 amide bonds. The monoisotopic (exact) mass is 311 g/mol. The van der Waals surface area contributed by atoms with Gasteiger partial charge >= 0.3 is 6.09 Å². The Balaban J connectivity index is 2.37. The lowest BCUT2D eigenvalue weighted by Gasteiger charge is -2.25. The van der Waals surface area contributed by atoms with Crippen LogP contribution in [0.1, 0.15) is 26.3 Å². The number of nitrogens with one attached hydrogen (secondary N) is 1. The van der Waals surface area contributed by atoms with E-state index in [0.717, 1.165) is 5.56 Å². The van der Waals surface area contributed by atoms with Crippen molar-refractivity contribution in [3.8, 4) is 0 Å². The van der Waals surface area contributed by atoms with Gasteiger partial charge in [-0.1, -0.05) is 30.3 Å². The predicted molar refractivity (Wildman–Crippen MR) is 82.3 cm³/mol. The van der Waals surface area contributed by atoms with Crippen LogP contribution in [0.3, 0.4) is 0 Å². The van der Waals surface area contributed by atoms with Gasteiger partial charge in [-0.05, 0) is 26.3 Å². The largest absolute Gasteiger partial charge is 0.444 e. The quantitative estimate of drug-likeness (QED) is 0.709. The molecule has 0 radical (unpaired) electrons. The highest BCUT2D eigenvalue weighted by molar-refractivity contribution is 5.68. The molecule has 1 rings (SSSR count). The van der Waals surface area contributed by atoms with Gasteiger partial charge in [0.25, 0.3) is 0 Å². The summed E-state index contributed by atoms with van der Waals surface area (Å²) in [6.07, 6.45) is -1.71. The van der Waals surface area contributed by atoms with E-state index in [9.17, 15) is 15.0 Å². The Labute approximate surface area is 131 Å². The van der Waals surface area contributed by atoms with E-state index < -0.39 is 30.4 Å². The lowest BCUT2D eigenvalue weighted by molar-refractivity contribution is -0.00789. The standard InChI is InChI=1S/C16H25NO5/c1-16(2,3)22-15(20)17-13(9-18)14(19)11-21-10-12-7-5-4-6-8-12/h4-8,13-14,18-19H,9-11H2,1-3H3,(H,17,20)/t13-,14-/m1/s1. The van der Waals surface area contributed by atoms with Crippen molar-refractivity contribution >= 4 is 6.09 Å². The predicted octanol–water partition coefficient (Wildman–Crippen LogP) is 1.45. The molecule has 0 saturated carbocycles. The summed E-state index contributed by atoms with van der Waals surface area (Å²) in [5, 5.41) is 21.7. The van der Waals surface area contributed by atoms with Gasteiger partial charge in [0.2, 0.25) is 0 Å². The number of aliphatic hydroxyl groups is 2. The van der Waals surface area contributed by atoms with E-state index in [4.69, 9.17) is 9.47 Å². The summed E-state index contributed by atoms with van der Waals surface area (Å²) in [5.41, 5.74) is 0.342. The smallest absolute Gasteiger partial charge is 0.408 e. The number of ether oxygens (including phenoxy) is 2. The highest BCUT2D eigenvalue weighted by atomic mass is 16.6. The van der Waals surface area contributed by atoms with Crippen molar-refractivity contribution in [3.05, 3.63) is 35.9 Å². The summed E-state index contributed by atoms with van der Waals surface area (Å²) < 4.78 is 10.5. The summed E-state index contributed by atoms with van der Waals surface area (Å²) in [6, 6.07) is 8.69. The molecule has 3 N–H and O–H groups in total. The van der Waals surface area contributed by atoms with Gasteiger partial charge in [-0.2, -0.15) is 0 Å². The number of carbonyl (C=O) groups is 1. The van der Waals surface area contributed by atoms with Gasteiger partial charge in [-0.25, -0.2) is 4.79 Å². The Morgan fingerprint density at radius 1 is 1.27 bits per heavy atom. The van der Waals surface area contributed by atoms with Crippen molar-refractivity contribution in [1.29, 1.82) is 0 Å². The zero-order valence-electron chi connectivity index (χ0n) is 13.3. The van der Waals surface area contributed by atoms with E-state index in [2.05, 4.69) is 5.32 Å². The molecule has 0 aliphatic rings. The van der Waals surface area contributed by atoms with Gasteiger partial charge in [0, 0.05) is 0 Å². The molecule has 2 atom stereocenters. The van der Waals surface area contributed by atoms with E-state index in [1.54, 1.807) is 20.8 Å². The topological polar surface area (TPSA) is 88.0 Å².